The summed E-state index contributed by atoms with van der Waals surface area (Å²) in [7, 11) is 0. The van der Waals surface area contributed by atoms with Crippen LogP contribution >= 0.6 is 0 Å². The van der Waals surface area contributed by atoms with Crippen molar-refractivity contribution in [2.45, 2.75) is 76.4 Å². The zero-order chi connectivity index (χ0) is 15.4. The molecule has 0 aromatic heterocycles. The van der Waals surface area contributed by atoms with Crippen LogP contribution in [0.2, 0.25) is 0 Å². The largest absolute Gasteiger partial charge is 0.370 e. The third-order valence-corrected chi connectivity index (χ3v) is 5.93. The van der Waals surface area contributed by atoms with Gasteiger partial charge in [-0.15, -0.1) is 0 Å². The van der Waals surface area contributed by atoms with Crippen LogP contribution in [0.15, 0.2) is 0 Å². The lowest BCUT2D eigenvalue weighted by Crippen LogP contribution is -2.46. The second-order valence-corrected chi connectivity index (χ2v) is 7.70. The van der Waals surface area contributed by atoms with Gasteiger partial charge in [-0.25, -0.2) is 0 Å². The molecule has 0 aromatic rings. The first kappa shape index (κ1) is 16.3. The molecule has 22 heavy (non-hydrogen) atoms. The second kappa shape index (κ2) is 7.31. The molecule has 2 aliphatic heterocycles. The van der Waals surface area contributed by atoms with Gasteiger partial charge in [0, 0.05) is 33.1 Å². The van der Waals surface area contributed by atoms with E-state index in [0.29, 0.717) is 6.54 Å². The van der Waals surface area contributed by atoms with Crippen molar-refractivity contribution in [3.63, 3.8) is 0 Å². The Morgan fingerprint density at radius 3 is 2.55 bits per heavy atom. The van der Waals surface area contributed by atoms with E-state index in [1.54, 1.807) is 6.92 Å². The molecule has 0 bridgehead atoms. The van der Waals surface area contributed by atoms with Gasteiger partial charge in [0.1, 0.15) is 0 Å². The summed E-state index contributed by atoms with van der Waals surface area (Å²) in [6, 6.07) is 0. The van der Waals surface area contributed by atoms with Crippen LogP contribution < -0.4 is 5.32 Å². The van der Waals surface area contributed by atoms with Crippen LogP contribution in [0.25, 0.3) is 0 Å². The summed E-state index contributed by atoms with van der Waals surface area (Å²) < 4.78 is 6.34. The van der Waals surface area contributed by atoms with Gasteiger partial charge < -0.3 is 15.0 Å². The molecule has 0 unspecified atom stereocenters. The van der Waals surface area contributed by atoms with Gasteiger partial charge >= 0.3 is 0 Å². The number of carbonyl (C=O) groups is 1. The molecule has 3 aliphatic rings. The van der Waals surface area contributed by atoms with Gasteiger partial charge in [-0.2, -0.15) is 0 Å². The first-order valence-corrected chi connectivity index (χ1v) is 9.30. The Balaban J connectivity index is 1.40. The number of amides is 1. The fourth-order valence-corrected chi connectivity index (χ4v) is 4.54. The van der Waals surface area contributed by atoms with E-state index in [1.807, 2.05) is 0 Å². The molecule has 1 saturated carbocycles. The number of piperidine rings is 1. The monoisotopic (exact) mass is 308 g/mol. The average Bonchev–Trinajstić information content (AvgIpc) is 2.92. The summed E-state index contributed by atoms with van der Waals surface area (Å²) in [5.74, 6) is 0.992. The predicted molar refractivity (Wildman–Crippen MR) is 87.8 cm³/mol. The highest BCUT2D eigenvalue weighted by atomic mass is 16.5. The van der Waals surface area contributed by atoms with E-state index in [2.05, 4.69) is 10.2 Å². The van der Waals surface area contributed by atoms with Gasteiger partial charge in [0.15, 0.2) is 0 Å². The van der Waals surface area contributed by atoms with Crippen LogP contribution in [-0.4, -0.2) is 48.7 Å². The first-order valence-electron chi connectivity index (χ1n) is 9.30. The molecule has 3 fully saturated rings. The van der Waals surface area contributed by atoms with Crippen molar-refractivity contribution >= 4 is 5.91 Å². The normalized spacial score (nSPS) is 29.8. The third-order valence-electron chi connectivity index (χ3n) is 5.93. The predicted octanol–water partition coefficient (Wildman–Crippen LogP) is 2.72. The number of carbonyl (C=O) groups excluding carboxylic acids is 1. The molecule has 0 radical (unpaired) electrons. The van der Waals surface area contributed by atoms with Crippen molar-refractivity contribution < 1.29 is 9.53 Å². The van der Waals surface area contributed by atoms with Gasteiger partial charge in [0.05, 0.1) is 11.7 Å². The highest BCUT2D eigenvalue weighted by Gasteiger charge is 2.42. The summed E-state index contributed by atoms with van der Waals surface area (Å²) >= 11 is 0. The molecular formula is C18H32N2O2. The van der Waals surface area contributed by atoms with Crippen LogP contribution in [0.5, 0.6) is 0 Å². The fourth-order valence-electron chi connectivity index (χ4n) is 4.54. The Bertz CT molecular complexity index is 371. The summed E-state index contributed by atoms with van der Waals surface area (Å²) in [6.45, 7) is 5.97. The van der Waals surface area contributed by atoms with Crippen molar-refractivity contribution in [2.75, 3.05) is 26.2 Å². The summed E-state index contributed by atoms with van der Waals surface area (Å²) in [5.41, 5.74) is 0.117. The zero-order valence-corrected chi connectivity index (χ0v) is 14.1. The number of nitrogens with one attached hydrogen (secondary N) is 1. The summed E-state index contributed by atoms with van der Waals surface area (Å²) in [6.07, 6.45) is 12.1. The Labute approximate surface area is 135 Å². The molecular weight excluding hydrogens is 276 g/mol. The number of nitrogens with zero attached hydrogens (tertiary/aromatic N) is 1. The molecule has 1 amide bonds. The minimum absolute atomic E-state index is 0.0480. The SMILES string of the molecule is CC(=O)NC[C@@H]1CCC2(CCN(CC3CCCCC3)CC2)O1. The highest BCUT2D eigenvalue weighted by Crippen LogP contribution is 2.39. The second-order valence-electron chi connectivity index (χ2n) is 7.70. The molecule has 4 heteroatoms. The fraction of sp³-hybridized carbons (Fsp3) is 0.944. The van der Waals surface area contributed by atoms with Gasteiger partial charge in [0.2, 0.25) is 5.91 Å². The van der Waals surface area contributed by atoms with E-state index in [9.17, 15) is 4.79 Å². The van der Waals surface area contributed by atoms with E-state index in [0.717, 1.165) is 12.3 Å². The minimum Gasteiger partial charge on any atom is -0.370 e. The van der Waals surface area contributed by atoms with E-state index in [1.165, 1.54) is 71.0 Å². The van der Waals surface area contributed by atoms with Crippen molar-refractivity contribution in [3.05, 3.63) is 0 Å². The van der Waals surface area contributed by atoms with Crippen LogP contribution in [0.1, 0.15) is 64.7 Å². The van der Waals surface area contributed by atoms with Gasteiger partial charge in [-0.05, 0) is 44.4 Å². The molecule has 3 rings (SSSR count). The van der Waals surface area contributed by atoms with Crippen molar-refractivity contribution in [1.29, 1.82) is 0 Å². The highest BCUT2D eigenvalue weighted by molar-refractivity contribution is 5.72. The maximum absolute atomic E-state index is 11.0. The summed E-state index contributed by atoms with van der Waals surface area (Å²) in [4.78, 5) is 13.7. The van der Waals surface area contributed by atoms with Crippen LogP contribution in [0, 0.1) is 5.92 Å². The standard InChI is InChI=1S/C18H32N2O2/c1-15(21)19-13-17-7-8-18(22-17)9-11-20(12-10-18)14-16-5-3-2-4-6-16/h16-17H,2-14H2,1H3,(H,19,21)/t17-/m0/s1. The molecule has 2 heterocycles. The molecule has 4 nitrogen and oxygen atoms in total. The zero-order valence-electron chi connectivity index (χ0n) is 14.1. The first-order chi connectivity index (χ1) is 10.7. The molecule has 1 N–H and O–H groups in total. The van der Waals surface area contributed by atoms with E-state index >= 15 is 0 Å². The molecule has 1 aliphatic carbocycles. The number of rotatable bonds is 4. The topological polar surface area (TPSA) is 41.6 Å². The molecule has 0 aromatic carbocycles. The van der Waals surface area contributed by atoms with E-state index in [4.69, 9.17) is 4.74 Å². The number of hydrogen-bond donors (Lipinski definition) is 1. The molecule has 1 spiro atoms. The summed E-state index contributed by atoms with van der Waals surface area (Å²) in [5, 5.41) is 2.90. The van der Waals surface area contributed by atoms with Crippen LogP contribution in [0.4, 0.5) is 0 Å². The minimum atomic E-state index is 0.0480. The quantitative estimate of drug-likeness (QED) is 0.868. The van der Waals surface area contributed by atoms with Crippen molar-refractivity contribution in [3.8, 4) is 0 Å². The Kier molecular flexibility index (Phi) is 5.40. The lowest BCUT2D eigenvalue weighted by atomic mass is 9.86. The number of hydrogen-bond acceptors (Lipinski definition) is 3. The smallest absolute Gasteiger partial charge is 0.216 e. The molecule has 2 saturated heterocycles. The van der Waals surface area contributed by atoms with Crippen molar-refractivity contribution in [1.82, 2.24) is 10.2 Å². The number of likely N-dealkylation sites (tertiary alicyclic amines) is 1. The number of ether oxygens (including phenoxy) is 1. The molecule has 126 valence electrons. The van der Waals surface area contributed by atoms with Crippen LogP contribution in [-0.2, 0) is 9.53 Å². The third kappa shape index (κ3) is 4.23. The molecule has 1 atom stereocenters. The van der Waals surface area contributed by atoms with E-state index < -0.39 is 0 Å². The van der Waals surface area contributed by atoms with Crippen LogP contribution in [0.3, 0.4) is 0 Å². The van der Waals surface area contributed by atoms with E-state index in [-0.39, 0.29) is 17.6 Å². The lowest BCUT2D eigenvalue weighted by Gasteiger charge is -2.40. The average molecular weight is 308 g/mol. The van der Waals surface area contributed by atoms with Crippen molar-refractivity contribution in [2.24, 2.45) is 5.92 Å². The van der Waals surface area contributed by atoms with Gasteiger partial charge in [0.25, 0.3) is 0 Å². The lowest BCUT2D eigenvalue weighted by molar-refractivity contribution is -0.120. The maximum Gasteiger partial charge on any atom is 0.216 e. The maximum atomic E-state index is 11.0. The Morgan fingerprint density at radius 2 is 1.86 bits per heavy atom. The Morgan fingerprint density at radius 1 is 1.14 bits per heavy atom. The van der Waals surface area contributed by atoms with Gasteiger partial charge in [-0.1, -0.05) is 19.3 Å². The Hall–Kier alpha value is -0.610. The van der Waals surface area contributed by atoms with Gasteiger partial charge in [-0.3, -0.25) is 4.79 Å².